The van der Waals surface area contributed by atoms with E-state index in [0.29, 0.717) is 25.1 Å². The maximum atomic E-state index is 13.0. The first kappa shape index (κ1) is 19.5. The Bertz CT molecular complexity index is 966. The highest BCUT2D eigenvalue weighted by Gasteiger charge is 2.14. The molecule has 0 aliphatic heterocycles. The van der Waals surface area contributed by atoms with Gasteiger partial charge in [0.2, 0.25) is 11.8 Å². The highest BCUT2D eigenvalue weighted by molar-refractivity contribution is 5.91. The number of nitrogens with one attached hydrogen (secondary N) is 2. The molecular weight excluding hydrogens is 359 g/mol. The molecule has 3 aromatic rings. The van der Waals surface area contributed by atoms with Crippen molar-refractivity contribution >= 4 is 28.5 Å². The first-order valence-electron chi connectivity index (χ1n) is 9.33. The summed E-state index contributed by atoms with van der Waals surface area (Å²) in [6.07, 6.45) is 1.83. The van der Waals surface area contributed by atoms with Gasteiger partial charge in [-0.25, -0.2) is 9.37 Å². The molecule has 2 N–H and O–H groups in total. The number of aromatic nitrogens is 2. The number of halogens is 1. The van der Waals surface area contributed by atoms with Gasteiger partial charge in [0.05, 0.1) is 11.0 Å². The number of hydrogen-bond acceptors (Lipinski definition) is 3. The third kappa shape index (κ3) is 4.94. The second kappa shape index (κ2) is 9.12. The average Bonchev–Trinajstić information content (AvgIpc) is 3.04. The van der Waals surface area contributed by atoms with Crippen molar-refractivity contribution in [1.82, 2.24) is 14.9 Å². The summed E-state index contributed by atoms with van der Waals surface area (Å²) in [5.74, 6) is 0.250. The van der Waals surface area contributed by atoms with Crippen LogP contribution < -0.4 is 10.6 Å². The van der Waals surface area contributed by atoms with Gasteiger partial charge < -0.3 is 15.2 Å². The molecule has 1 heterocycles. The minimum Gasteiger partial charge on any atom is -0.356 e. The van der Waals surface area contributed by atoms with Crippen molar-refractivity contribution < 1.29 is 14.0 Å². The smallest absolute Gasteiger partial charge is 0.244 e. The fourth-order valence-corrected chi connectivity index (χ4v) is 2.97. The van der Waals surface area contributed by atoms with E-state index in [2.05, 4.69) is 15.6 Å². The summed E-state index contributed by atoms with van der Waals surface area (Å²) in [4.78, 5) is 28.5. The minimum atomic E-state index is -0.351. The molecule has 1 aromatic heterocycles. The van der Waals surface area contributed by atoms with Crippen LogP contribution in [0.5, 0.6) is 0 Å². The van der Waals surface area contributed by atoms with Gasteiger partial charge in [-0.3, -0.25) is 9.59 Å². The fraction of sp³-hybridized carbons (Fsp3) is 0.286. The van der Waals surface area contributed by atoms with E-state index < -0.39 is 0 Å². The topological polar surface area (TPSA) is 76.0 Å². The van der Waals surface area contributed by atoms with Crippen molar-refractivity contribution in [3.63, 3.8) is 0 Å². The van der Waals surface area contributed by atoms with Crippen molar-refractivity contribution in [2.75, 3.05) is 11.9 Å². The minimum absolute atomic E-state index is 0.0205. The number of amides is 2. The van der Waals surface area contributed by atoms with E-state index in [-0.39, 0.29) is 24.2 Å². The van der Waals surface area contributed by atoms with Crippen LogP contribution in [0.15, 0.2) is 48.5 Å². The second-order valence-corrected chi connectivity index (χ2v) is 6.47. The molecule has 0 aliphatic rings. The molecule has 3 rings (SSSR count). The van der Waals surface area contributed by atoms with E-state index in [9.17, 15) is 14.0 Å². The molecule has 28 heavy (non-hydrogen) atoms. The quantitative estimate of drug-likeness (QED) is 0.587. The van der Waals surface area contributed by atoms with Gasteiger partial charge in [-0.2, -0.15) is 0 Å². The molecular formula is C21H23FN4O2. The van der Waals surface area contributed by atoms with E-state index in [0.717, 1.165) is 23.3 Å². The molecule has 0 atom stereocenters. The molecule has 0 saturated heterocycles. The maximum absolute atomic E-state index is 13.0. The Morgan fingerprint density at radius 1 is 1.07 bits per heavy atom. The lowest BCUT2D eigenvalue weighted by molar-refractivity contribution is -0.120. The number of rotatable bonds is 8. The van der Waals surface area contributed by atoms with Crippen LogP contribution in [-0.4, -0.2) is 27.9 Å². The Balaban J connectivity index is 1.71. The highest BCUT2D eigenvalue weighted by atomic mass is 19.1. The van der Waals surface area contributed by atoms with E-state index in [1.807, 2.05) is 35.8 Å². The number of nitrogens with zero attached hydrogens (tertiary/aromatic N) is 2. The Morgan fingerprint density at radius 2 is 1.82 bits per heavy atom. The average molecular weight is 382 g/mol. The van der Waals surface area contributed by atoms with Crippen LogP contribution in [0.1, 0.15) is 25.6 Å². The number of carbonyl (C=O) groups is 2. The third-order valence-corrected chi connectivity index (χ3v) is 4.38. The van der Waals surface area contributed by atoms with E-state index in [4.69, 9.17) is 0 Å². The van der Waals surface area contributed by atoms with E-state index in [1.54, 1.807) is 0 Å². The molecule has 0 radical (unpaired) electrons. The Kier molecular flexibility index (Phi) is 6.37. The number of anilines is 1. The van der Waals surface area contributed by atoms with E-state index >= 15 is 0 Å². The third-order valence-electron chi connectivity index (χ3n) is 4.38. The molecule has 2 amide bonds. The normalized spacial score (nSPS) is 10.8. The second-order valence-electron chi connectivity index (χ2n) is 6.47. The predicted molar refractivity (Wildman–Crippen MR) is 106 cm³/mol. The molecule has 0 saturated carbocycles. The summed E-state index contributed by atoms with van der Waals surface area (Å²) in [6.45, 7) is 2.49. The molecule has 2 aromatic carbocycles. The van der Waals surface area contributed by atoms with Crippen LogP contribution in [0.3, 0.4) is 0 Å². The van der Waals surface area contributed by atoms with Gasteiger partial charge in [0.15, 0.2) is 0 Å². The van der Waals surface area contributed by atoms with Gasteiger partial charge in [-0.15, -0.1) is 0 Å². The predicted octanol–water partition coefficient (Wildman–Crippen LogP) is 3.27. The monoisotopic (exact) mass is 382 g/mol. The van der Waals surface area contributed by atoms with Crippen molar-refractivity contribution in [1.29, 1.82) is 0 Å². The largest absolute Gasteiger partial charge is 0.356 e. The zero-order valence-electron chi connectivity index (χ0n) is 15.7. The van der Waals surface area contributed by atoms with Crippen molar-refractivity contribution in [3.05, 3.63) is 60.2 Å². The molecule has 7 heteroatoms. The molecule has 6 nitrogen and oxygen atoms in total. The van der Waals surface area contributed by atoms with Crippen LogP contribution in [0.2, 0.25) is 0 Å². The van der Waals surface area contributed by atoms with Gasteiger partial charge in [-0.1, -0.05) is 19.1 Å². The summed E-state index contributed by atoms with van der Waals surface area (Å²) in [7, 11) is 0. The zero-order valence-corrected chi connectivity index (χ0v) is 15.7. The fourth-order valence-electron chi connectivity index (χ4n) is 2.97. The molecule has 0 unspecified atom stereocenters. The zero-order chi connectivity index (χ0) is 19.9. The number of para-hydroxylation sites is 2. The SMILES string of the molecule is CCC(=O)NCCCc1nc2ccccc2n1CC(=O)Nc1ccc(F)cc1. The Morgan fingerprint density at radius 3 is 2.57 bits per heavy atom. The van der Waals surface area contributed by atoms with Crippen LogP contribution in [0, 0.1) is 5.82 Å². The summed E-state index contributed by atoms with van der Waals surface area (Å²) in [5.41, 5.74) is 2.24. The standard InChI is InChI=1S/C21H23FN4O2/c1-2-20(27)23-13-5-8-19-25-17-6-3-4-7-18(17)26(19)14-21(28)24-16-11-9-15(22)10-12-16/h3-4,6-7,9-12H,2,5,8,13-14H2,1H3,(H,23,27)(H,24,28). The number of benzene rings is 2. The molecule has 0 fully saturated rings. The van der Waals surface area contributed by atoms with Gasteiger partial charge in [0, 0.05) is 25.1 Å². The lowest BCUT2D eigenvalue weighted by Crippen LogP contribution is -2.24. The summed E-state index contributed by atoms with van der Waals surface area (Å²) >= 11 is 0. The number of hydrogen-bond donors (Lipinski definition) is 2. The van der Waals surface area contributed by atoms with Gasteiger partial charge >= 0.3 is 0 Å². The summed E-state index contributed by atoms with van der Waals surface area (Å²) < 4.78 is 14.9. The highest BCUT2D eigenvalue weighted by Crippen LogP contribution is 2.18. The lowest BCUT2D eigenvalue weighted by Gasteiger charge is -2.10. The van der Waals surface area contributed by atoms with Gasteiger partial charge in [0.25, 0.3) is 0 Å². The van der Waals surface area contributed by atoms with Gasteiger partial charge in [-0.05, 0) is 42.8 Å². The Hall–Kier alpha value is -3.22. The number of aryl methyl sites for hydroxylation is 1. The number of imidazole rings is 1. The number of fused-ring (bicyclic) bond motifs is 1. The van der Waals surface area contributed by atoms with Gasteiger partial charge in [0.1, 0.15) is 18.2 Å². The van der Waals surface area contributed by atoms with Crippen molar-refractivity contribution in [2.45, 2.75) is 32.7 Å². The molecule has 0 aliphatic carbocycles. The van der Waals surface area contributed by atoms with Crippen molar-refractivity contribution in [2.24, 2.45) is 0 Å². The van der Waals surface area contributed by atoms with Crippen LogP contribution in [0.4, 0.5) is 10.1 Å². The van der Waals surface area contributed by atoms with Crippen LogP contribution >= 0.6 is 0 Å². The van der Waals surface area contributed by atoms with Crippen molar-refractivity contribution in [3.8, 4) is 0 Å². The van der Waals surface area contributed by atoms with Crippen LogP contribution in [0.25, 0.3) is 11.0 Å². The molecule has 0 bridgehead atoms. The Labute approximate surface area is 162 Å². The molecule has 146 valence electrons. The maximum Gasteiger partial charge on any atom is 0.244 e. The molecule has 0 spiro atoms. The summed E-state index contributed by atoms with van der Waals surface area (Å²) in [5, 5.41) is 5.63. The summed E-state index contributed by atoms with van der Waals surface area (Å²) in [6, 6.07) is 13.3. The van der Waals surface area contributed by atoms with E-state index in [1.165, 1.54) is 24.3 Å². The number of carbonyl (C=O) groups excluding carboxylic acids is 2. The van der Waals surface area contributed by atoms with Crippen LogP contribution in [-0.2, 0) is 22.6 Å². The first-order chi connectivity index (χ1) is 13.6. The first-order valence-corrected chi connectivity index (χ1v) is 9.33. The lowest BCUT2D eigenvalue weighted by atomic mass is 10.2.